The molecule has 186 valence electrons. The van der Waals surface area contributed by atoms with Gasteiger partial charge in [-0.2, -0.15) is 0 Å². The lowest BCUT2D eigenvalue weighted by Crippen LogP contribution is -2.60. The molecule has 11 nitrogen and oxygen atoms in total. The van der Waals surface area contributed by atoms with Gasteiger partial charge in [0.2, 0.25) is 6.29 Å². The van der Waals surface area contributed by atoms with Crippen molar-refractivity contribution in [2.75, 3.05) is 25.6 Å². The van der Waals surface area contributed by atoms with Crippen molar-refractivity contribution in [1.82, 2.24) is 0 Å². The average molecular weight is 479 g/mol. The number of fused-ring (bicyclic) bond motifs is 1. The predicted octanol–water partition coefficient (Wildman–Crippen LogP) is -0.755. The lowest BCUT2D eigenvalue weighted by atomic mass is 9.83. The fraction of sp³-hybridized carbons (Fsp3) is 0.522. The van der Waals surface area contributed by atoms with Gasteiger partial charge in [-0.25, -0.2) is 0 Å². The Morgan fingerprint density at radius 1 is 1.12 bits per heavy atom. The summed E-state index contributed by atoms with van der Waals surface area (Å²) in [6.45, 7) is -0.891. The SMILES string of the molecule is COc1ccccc1NC(=O)C1=CO[C@@H](O[C@@H]2O[C@H](CO)[C@@H](O)[C@H](O)[C@H]2O)[C@@H]2C(CO)=CC[C@H]12. The number of rotatable bonds is 7. The topological polar surface area (TPSA) is 167 Å². The summed E-state index contributed by atoms with van der Waals surface area (Å²) in [4.78, 5) is 13.1. The Labute approximate surface area is 195 Å². The fourth-order valence-electron chi connectivity index (χ4n) is 4.58. The molecule has 0 unspecified atom stereocenters. The van der Waals surface area contributed by atoms with Crippen LogP contribution in [0.4, 0.5) is 5.69 Å². The highest BCUT2D eigenvalue weighted by Crippen LogP contribution is 2.44. The summed E-state index contributed by atoms with van der Waals surface area (Å²) in [7, 11) is 1.50. The van der Waals surface area contributed by atoms with Crippen LogP contribution in [-0.4, -0.2) is 88.8 Å². The number of aliphatic hydroxyl groups is 5. The van der Waals surface area contributed by atoms with Gasteiger partial charge in [-0.05, 0) is 24.1 Å². The van der Waals surface area contributed by atoms with E-state index in [1.807, 2.05) is 0 Å². The monoisotopic (exact) mass is 479 g/mol. The number of hydrogen-bond acceptors (Lipinski definition) is 10. The van der Waals surface area contributed by atoms with Crippen LogP contribution in [0.15, 0.2) is 47.7 Å². The number of ether oxygens (including phenoxy) is 4. The highest BCUT2D eigenvalue weighted by atomic mass is 16.8. The van der Waals surface area contributed by atoms with E-state index in [1.165, 1.54) is 13.4 Å². The second-order valence-corrected chi connectivity index (χ2v) is 8.37. The molecular weight excluding hydrogens is 450 g/mol. The van der Waals surface area contributed by atoms with Gasteiger partial charge in [0.15, 0.2) is 6.29 Å². The zero-order chi connectivity index (χ0) is 24.4. The lowest BCUT2D eigenvalue weighted by Gasteiger charge is -2.43. The molecule has 0 spiro atoms. The molecule has 3 aliphatic rings. The van der Waals surface area contributed by atoms with Crippen molar-refractivity contribution in [3.63, 3.8) is 0 Å². The molecule has 1 aliphatic carbocycles. The van der Waals surface area contributed by atoms with Crippen molar-refractivity contribution >= 4 is 11.6 Å². The summed E-state index contributed by atoms with van der Waals surface area (Å²) in [6.07, 6.45) is -4.84. The number of hydrogen-bond donors (Lipinski definition) is 6. The van der Waals surface area contributed by atoms with Gasteiger partial charge in [0.05, 0.1) is 43.8 Å². The number of methoxy groups -OCH3 is 1. The third-order valence-corrected chi connectivity index (χ3v) is 6.43. The first kappa shape index (κ1) is 24.6. The molecule has 0 bridgehead atoms. The Kier molecular flexibility index (Phi) is 7.53. The molecule has 1 fully saturated rings. The van der Waals surface area contributed by atoms with E-state index in [0.29, 0.717) is 29.0 Å². The molecule has 2 heterocycles. The van der Waals surface area contributed by atoms with E-state index in [4.69, 9.17) is 18.9 Å². The van der Waals surface area contributed by atoms with Gasteiger partial charge in [-0.3, -0.25) is 4.79 Å². The Balaban J connectivity index is 1.54. The minimum atomic E-state index is -1.61. The Morgan fingerprint density at radius 2 is 1.88 bits per heavy atom. The summed E-state index contributed by atoms with van der Waals surface area (Å²) in [5, 5.41) is 52.4. The van der Waals surface area contributed by atoms with Gasteiger partial charge in [-0.15, -0.1) is 0 Å². The first-order valence-corrected chi connectivity index (χ1v) is 10.9. The van der Waals surface area contributed by atoms with Crippen molar-refractivity contribution in [3.8, 4) is 5.75 Å². The number of carbonyl (C=O) groups is 1. The van der Waals surface area contributed by atoms with Crippen molar-refractivity contribution in [2.45, 2.75) is 43.4 Å². The minimum Gasteiger partial charge on any atom is -0.495 e. The van der Waals surface area contributed by atoms with E-state index in [1.54, 1.807) is 30.3 Å². The highest BCUT2D eigenvalue weighted by molar-refractivity contribution is 6.05. The molecule has 4 rings (SSSR count). The first-order valence-electron chi connectivity index (χ1n) is 10.9. The van der Waals surface area contributed by atoms with Crippen LogP contribution in [0.1, 0.15) is 6.42 Å². The van der Waals surface area contributed by atoms with E-state index < -0.39 is 55.4 Å². The minimum absolute atomic E-state index is 0.291. The molecule has 1 aromatic rings. The maximum Gasteiger partial charge on any atom is 0.255 e. The largest absolute Gasteiger partial charge is 0.495 e. The van der Waals surface area contributed by atoms with Crippen molar-refractivity contribution in [3.05, 3.63) is 47.7 Å². The third-order valence-electron chi connectivity index (χ3n) is 6.43. The zero-order valence-electron chi connectivity index (χ0n) is 18.5. The summed E-state index contributed by atoms with van der Waals surface area (Å²) < 4.78 is 22.2. The first-order chi connectivity index (χ1) is 16.4. The van der Waals surface area contributed by atoms with Crippen LogP contribution in [-0.2, 0) is 19.0 Å². The normalized spacial score (nSPS) is 35.0. The van der Waals surface area contributed by atoms with Crippen molar-refractivity contribution < 1.29 is 49.3 Å². The fourth-order valence-corrected chi connectivity index (χ4v) is 4.58. The summed E-state index contributed by atoms with van der Waals surface area (Å²) in [5.41, 5.74) is 1.42. The molecule has 6 N–H and O–H groups in total. The molecule has 1 saturated heterocycles. The Hall–Kier alpha value is -2.51. The van der Waals surface area contributed by atoms with Crippen LogP contribution in [0.2, 0.25) is 0 Å². The van der Waals surface area contributed by atoms with E-state index in [2.05, 4.69) is 5.32 Å². The maximum absolute atomic E-state index is 13.1. The van der Waals surface area contributed by atoms with Gasteiger partial charge in [0.25, 0.3) is 5.91 Å². The predicted molar refractivity (Wildman–Crippen MR) is 116 cm³/mol. The zero-order valence-corrected chi connectivity index (χ0v) is 18.5. The van der Waals surface area contributed by atoms with Crippen LogP contribution in [0.5, 0.6) is 5.75 Å². The molecule has 1 aromatic carbocycles. The van der Waals surface area contributed by atoms with Gasteiger partial charge in [-0.1, -0.05) is 18.2 Å². The smallest absolute Gasteiger partial charge is 0.255 e. The number of allylic oxidation sites excluding steroid dienone is 1. The van der Waals surface area contributed by atoms with Crippen molar-refractivity contribution in [2.24, 2.45) is 11.8 Å². The van der Waals surface area contributed by atoms with E-state index in [0.717, 1.165) is 0 Å². The van der Waals surface area contributed by atoms with Crippen LogP contribution in [0.25, 0.3) is 0 Å². The van der Waals surface area contributed by atoms with E-state index >= 15 is 0 Å². The molecule has 0 aromatic heterocycles. The third kappa shape index (κ3) is 4.56. The summed E-state index contributed by atoms with van der Waals surface area (Å²) in [6, 6.07) is 6.96. The van der Waals surface area contributed by atoms with Gasteiger partial charge in [0, 0.05) is 5.92 Å². The summed E-state index contributed by atoms with van der Waals surface area (Å²) in [5.74, 6) is -0.867. The van der Waals surface area contributed by atoms with E-state index in [-0.39, 0.29) is 12.5 Å². The second kappa shape index (κ2) is 10.4. The van der Waals surface area contributed by atoms with Gasteiger partial charge < -0.3 is 49.8 Å². The molecule has 11 heteroatoms. The Bertz CT molecular complexity index is 947. The molecule has 34 heavy (non-hydrogen) atoms. The van der Waals surface area contributed by atoms with Crippen LogP contribution in [0.3, 0.4) is 0 Å². The molecule has 0 radical (unpaired) electrons. The van der Waals surface area contributed by atoms with Crippen LogP contribution < -0.4 is 10.1 Å². The number of anilines is 1. The Morgan fingerprint density at radius 3 is 2.59 bits per heavy atom. The molecule has 1 amide bonds. The number of para-hydroxylation sites is 2. The van der Waals surface area contributed by atoms with Crippen LogP contribution in [0, 0.1) is 11.8 Å². The van der Waals surface area contributed by atoms with E-state index in [9.17, 15) is 30.3 Å². The second-order valence-electron chi connectivity index (χ2n) is 8.37. The van der Waals surface area contributed by atoms with Crippen molar-refractivity contribution in [1.29, 1.82) is 0 Å². The highest BCUT2D eigenvalue weighted by Gasteiger charge is 2.49. The molecule has 8 atom stereocenters. The molecule has 0 saturated carbocycles. The number of amides is 1. The average Bonchev–Trinajstić information content (AvgIpc) is 3.29. The molecule has 2 aliphatic heterocycles. The van der Waals surface area contributed by atoms with Gasteiger partial charge >= 0.3 is 0 Å². The quantitative estimate of drug-likeness (QED) is 0.274. The lowest BCUT2D eigenvalue weighted by molar-refractivity contribution is -0.339. The number of aliphatic hydroxyl groups excluding tert-OH is 5. The number of nitrogens with one attached hydrogen (secondary N) is 1. The maximum atomic E-state index is 13.1. The van der Waals surface area contributed by atoms with Crippen LogP contribution >= 0.6 is 0 Å². The molecular formula is C23H29NO10. The summed E-state index contributed by atoms with van der Waals surface area (Å²) >= 11 is 0. The number of benzene rings is 1. The van der Waals surface area contributed by atoms with Gasteiger partial charge in [0.1, 0.15) is 30.2 Å². The number of carbonyl (C=O) groups excluding carboxylic acids is 1. The standard InChI is InChI=1S/C23H29NO10/c1-31-15-5-3-2-4-14(15)24-21(30)13-10-32-22(17-11(8-25)6-7-12(13)17)34-23-20(29)19(28)18(27)16(9-26)33-23/h2-6,10,12,16-20,22-23,25-29H,7-9H2,1H3,(H,24,30)/t12-,16-,17-,18-,19+,20-,22+,23+/m1/s1.